The molecule has 0 aliphatic heterocycles. The van der Waals surface area contributed by atoms with Gasteiger partial charge >= 0.3 is 0 Å². The lowest BCUT2D eigenvalue weighted by Crippen LogP contribution is -2.05. The van der Waals surface area contributed by atoms with Crippen LogP contribution in [0.1, 0.15) is 16.7 Å². The molecule has 0 atom stereocenters. The van der Waals surface area contributed by atoms with Gasteiger partial charge in [0.2, 0.25) is 5.95 Å². The average molecular weight is 276 g/mol. The standard InChI is InChI=1S/C17H16N4/c1-12-4-2-5-13(10-12)8-9-21-15-7-3-6-14(11-18)16(15)20-17(21)19/h2-7,10H,8-9H2,1H3,(H2,19,20). The number of nitrogens with zero attached hydrogens (tertiary/aromatic N) is 3. The van der Waals surface area contributed by atoms with E-state index in [0.717, 1.165) is 18.5 Å². The van der Waals surface area contributed by atoms with Crippen LogP contribution in [-0.4, -0.2) is 9.55 Å². The highest BCUT2D eigenvalue weighted by molar-refractivity contribution is 5.83. The quantitative estimate of drug-likeness (QED) is 0.799. The molecule has 3 aromatic rings. The zero-order valence-corrected chi connectivity index (χ0v) is 11.9. The Morgan fingerprint density at radius 3 is 2.81 bits per heavy atom. The van der Waals surface area contributed by atoms with Crippen molar-refractivity contribution < 1.29 is 0 Å². The first-order chi connectivity index (χ1) is 10.2. The summed E-state index contributed by atoms with van der Waals surface area (Å²) in [6.45, 7) is 2.84. The van der Waals surface area contributed by atoms with Gasteiger partial charge in [-0.3, -0.25) is 0 Å². The van der Waals surface area contributed by atoms with E-state index in [9.17, 15) is 0 Å². The van der Waals surface area contributed by atoms with E-state index in [0.29, 0.717) is 17.0 Å². The van der Waals surface area contributed by atoms with Crippen molar-refractivity contribution in [3.05, 3.63) is 59.2 Å². The number of aryl methyl sites for hydroxylation is 3. The van der Waals surface area contributed by atoms with E-state index in [4.69, 9.17) is 11.0 Å². The fraction of sp³-hybridized carbons (Fsp3) is 0.176. The van der Waals surface area contributed by atoms with Gasteiger partial charge in [-0.1, -0.05) is 35.9 Å². The zero-order chi connectivity index (χ0) is 14.8. The maximum atomic E-state index is 9.13. The molecule has 4 heteroatoms. The summed E-state index contributed by atoms with van der Waals surface area (Å²) >= 11 is 0. The third-order valence-electron chi connectivity index (χ3n) is 3.64. The Bertz CT molecular complexity index is 840. The number of nitrogen functional groups attached to an aromatic ring is 1. The number of aromatic nitrogens is 2. The molecule has 2 aromatic carbocycles. The van der Waals surface area contributed by atoms with Crippen molar-refractivity contribution in [3.8, 4) is 6.07 Å². The van der Waals surface area contributed by atoms with E-state index in [1.54, 1.807) is 6.07 Å². The van der Waals surface area contributed by atoms with Crippen LogP contribution in [0.4, 0.5) is 5.95 Å². The Labute approximate surface area is 123 Å². The van der Waals surface area contributed by atoms with Crippen LogP contribution in [-0.2, 0) is 13.0 Å². The largest absolute Gasteiger partial charge is 0.369 e. The van der Waals surface area contributed by atoms with E-state index < -0.39 is 0 Å². The summed E-state index contributed by atoms with van der Waals surface area (Å²) in [6, 6.07) is 16.2. The molecule has 0 saturated heterocycles. The number of fused-ring (bicyclic) bond motifs is 1. The fourth-order valence-electron chi connectivity index (χ4n) is 2.60. The minimum atomic E-state index is 0.459. The number of rotatable bonds is 3. The molecule has 0 amide bonds. The highest BCUT2D eigenvalue weighted by Gasteiger charge is 2.11. The highest BCUT2D eigenvalue weighted by atomic mass is 15.1. The first kappa shape index (κ1) is 13.2. The molecule has 0 aliphatic rings. The van der Waals surface area contributed by atoms with Crippen molar-refractivity contribution in [2.24, 2.45) is 0 Å². The minimum absolute atomic E-state index is 0.459. The van der Waals surface area contributed by atoms with Gasteiger partial charge in [0.25, 0.3) is 0 Å². The summed E-state index contributed by atoms with van der Waals surface area (Å²) in [6.07, 6.45) is 0.883. The van der Waals surface area contributed by atoms with Gasteiger partial charge in [0.05, 0.1) is 11.1 Å². The van der Waals surface area contributed by atoms with Gasteiger partial charge in [-0.25, -0.2) is 4.98 Å². The second-order valence-electron chi connectivity index (χ2n) is 5.15. The van der Waals surface area contributed by atoms with Gasteiger partial charge in [0.1, 0.15) is 11.6 Å². The lowest BCUT2D eigenvalue weighted by molar-refractivity contribution is 0.725. The van der Waals surface area contributed by atoms with Crippen LogP contribution < -0.4 is 5.73 Å². The first-order valence-corrected chi connectivity index (χ1v) is 6.89. The average Bonchev–Trinajstić information content (AvgIpc) is 2.80. The number of hydrogen-bond acceptors (Lipinski definition) is 3. The molecule has 1 aromatic heterocycles. The number of nitriles is 1. The SMILES string of the molecule is Cc1cccc(CCn2c(N)nc3c(C#N)cccc32)c1. The summed E-state index contributed by atoms with van der Waals surface area (Å²) in [5, 5.41) is 9.13. The van der Waals surface area contributed by atoms with Crippen molar-refractivity contribution in [1.29, 1.82) is 5.26 Å². The van der Waals surface area contributed by atoms with Crippen LogP contribution in [0.5, 0.6) is 0 Å². The third kappa shape index (κ3) is 2.46. The number of hydrogen-bond donors (Lipinski definition) is 1. The lowest BCUT2D eigenvalue weighted by atomic mass is 10.1. The normalized spacial score (nSPS) is 10.7. The predicted octanol–water partition coefficient (Wildman–Crippen LogP) is 3.04. The van der Waals surface area contributed by atoms with Crippen molar-refractivity contribution in [2.45, 2.75) is 19.9 Å². The molecule has 0 saturated carbocycles. The van der Waals surface area contributed by atoms with Crippen molar-refractivity contribution in [1.82, 2.24) is 9.55 Å². The molecule has 0 bridgehead atoms. The van der Waals surface area contributed by atoms with Crippen LogP contribution in [0.2, 0.25) is 0 Å². The molecule has 0 radical (unpaired) electrons. The van der Waals surface area contributed by atoms with Gasteiger partial charge in [0.15, 0.2) is 0 Å². The maximum absolute atomic E-state index is 9.13. The third-order valence-corrected chi connectivity index (χ3v) is 3.64. The Balaban J connectivity index is 1.94. The number of anilines is 1. The summed E-state index contributed by atoms with van der Waals surface area (Å²) < 4.78 is 1.97. The molecule has 4 nitrogen and oxygen atoms in total. The molecule has 1 heterocycles. The predicted molar refractivity (Wildman–Crippen MR) is 83.7 cm³/mol. The Morgan fingerprint density at radius 1 is 1.24 bits per heavy atom. The van der Waals surface area contributed by atoms with Gasteiger partial charge in [-0.15, -0.1) is 0 Å². The second kappa shape index (κ2) is 5.29. The molecule has 104 valence electrons. The Morgan fingerprint density at radius 2 is 2.05 bits per heavy atom. The number of nitrogens with two attached hydrogens (primary N) is 1. The molecule has 0 fully saturated rings. The van der Waals surface area contributed by atoms with Crippen LogP contribution in [0.15, 0.2) is 42.5 Å². The zero-order valence-electron chi connectivity index (χ0n) is 11.9. The van der Waals surface area contributed by atoms with E-state index in [1.165, 1.54) is 11.1 Å². The topological polar surface area (TPSA) is 67.6 Å². The van der Waals surface area contributed by atoms with Gasteiger partial charge in [-0.2, -0.15) is 5.26 Å². The van der Waals surface area contributed by atoms with E-state index in [2.05, 4.69) is 42.2 Å². The van der Waals surface area contributed by atoms with E-state index >= 15 is 0 Å². The highest BCUT2D eigenvalue weighted by Crippen LogP contribution is 2.21. The van der Waals surface area contributed by atoms with Crippen molar-refractivity contribution in [2.75, 3.05) is 5.73 Å². The Hall–Kier alpha value is -2.80. The van der Waals surface area contributed by atoms with Crippen LogP contribution in [0.25, 0.3) is 11.0 Å². The van der Waals surface area contributed by atoms with Crippen LogP contribution in [0, 0.1) is 18.3 Å². The molecule has 0 unspecified atom stereocenters. The van der Waals surface area contributed by atoms with E-state index in [1.807, 2.05) is 16.7 Å². The summed E-state index contributed by atoms with van der Waals surface area (Å²) in [4.78, 5) is 4.33. The molecule has 21 heavy (non-hydrogen) atoms. The molecule has 2 N–H and O–H groups in total. The second-order valence-corrected chi connectivity index (χ2v) is 5.15. The number of benzene rings is 2. The number of para-hydroxylation sites is 1. The summed E-state index contributed by atoms with van der Waals surface area (Å²) in [7, 11) is 0. The van der Waals surface area contributed by atoms with Gasteiger partial charge < -0.3 is 10.3 Å². The van der Waals surface area contributed by atoms with Gasteiger partial charge in [0, 0.05) is 6.54 Å². The molecule has 0 aliphatic carbocycles. The van der Waals surface area contributed by atoms with Gasteiger partial charge in [-0.05, 0) is 31.0 Å². The molecule has 0 spiro atoms. The number of imidazole rings is 1. The molecule has 3 rings (SSSR count). The molecular formula is C17H16N4. The first-order valence-electron chi connectivity index (χ1n) is 6.89. The molecular weight excluding hydrogens is 260 g/mol. The minimum Gasteiger partial charge on any atom is -0.369 e. The smallest absolute Gasteiger partial charge is 0.201 e. The monoisotopic (exact) mass is 276 g/mol. The van der Waals surface area contributed by atoms with Crippen molar-refractivity contribution >= 4 is 17.0 Å². The van der Waals surface area contributed by atoms with Crippen LogP contribution in [0.3, 0.4) is 0 Å². The van der Waals surface area contributed by atoms with Crippen LogP contribution >= 0.6 is 0 Å². The lowest BCUT2D eigenvalue weighted by Gasteiger charge is -2.07. The fourth-order valence-corrected chi connectivity index (χ4v) is 2.60. The maximum Gasteiger partial charge on any atom is 0.201 e. The van der Waals surface area contributed by atoms with Crippen molar-refractivity contribution in [3.63, 3.8) is 0 Å². The Kier molecular flexibility index (Phi) is 3.33. The van der Waals surface area contributed by atoms with E-state index in [-0.39, 0.29) is 0 Å². The summed E-state index contributed by atoms with van der Waals surface area (Å²) in [5.41, 5.74) is 10.7. The summed E-state index contributed by atoms with van der Waals surface area (Å²) in [5.74, 6) is 0.459.